The van der Waals surface area contributed by atoms with E-state index in [1.165, 1.54) is 14.2 Å². The van der Waals surface area contributed by atoms with E-state index in [1.807, 2.05) is 0 Å². The number of hydrogen-bond acceptors (Lipinski definition) is 6. The second kappa shape index (κ2) is 8.73. The fourth-order valence-electron chi connectivity index (χ4n) is 2.29. The van der Waals surface area contributed by atoms with Crippen molar-refractivity contribution in [2.75, 3.05) is 21.3 Å². The third kappa shape index (κ3) is 4.97. The Labute approximate surface area is 146 Å². The van der Waals surface area contributed by atoms with Gasteiger partial charge in [0, 0.05) is 5.56 Å². The highest BCUT2D eigenvalue weighted by Gasteiger charge is 2.14. The van der Waals surface area contributed by atoms with E-state index in [0.29, 0.717) is 22.8 Å². The Balaban J connectivity index is 2.09. The van der Waals surface area contributed by atoms with Crippen molar-refractivity contribution >= 4 is 11.9 Å². The number of methoxy groups -OCH3 is 3. The number of hydrogen-bond donors (Lipinski definition) is 0. The Morgan fingerprint density at radius 3 is 2.20 bits per heavy atom. The standard InChI is InChI=1S/C19H20O6/c1-22-16-9-8-13(10-17(16)23-2)11-19(21)25-15-7-5-4-6-14(15)12-18(20)24-3/h4-10H,11-12H2,1-3H3. The van der Waals surface area contributed by atoms with Crippen molar-refractivity contribution in [3.05, 3.63) is 53.6 Å². The monoisotopic (exact) mass is 344 g/mol. The lowest BCUT2D eigenvalue weighted by Gasteiger charge is -2.11. The lowest BCUT2D eigenvalue weighted by Crippen LogP contribution is -2.14. The van der Waals surface area contributed by atoms with E-state index in [9.17, 15) is 9.59 Å². The number of carbonyl (C=O) groups is 2. The van der Waals surface area contributed by atoms with E-state index in [2.05, 4.69) is 4.74 Å². The van der Waals surface area contributed by atoms with Crippen molar-refractivity contribution in [2.45, 2.75) is 12.8 Å². The van der Waals surface area contributed by atoms with E-state index in [1.54, 1.807) is 49.6 Å². The lowest BCUT2D eigenvalue weighted by atomic mass is 10.1. The number of esters is 2. The average Bonchev–Trinajstić information content (AvgIpc) is 2.63. The molecule has 0 heterocycles. The molecule has 0 fully saturated rings. The van der Waals surface area contributed by atoms with E-state index < -0.39 is 11.9 Å². The third-order valence-corrected chi connectivity index (χ3v) is 3.56. The van der Waals surface area contributed by atoms with Gasteiger partial charge in [0.05, 0.1) is 34.2 Å². The minimum atomic E-state index is -0.440. The van der Waals surface area contributed by atoms with Gasteiger partial charge in [-0.15, -0.1) is 0 Å². The van der Waals surface area contributed by atoms with Crippen molar-refractivity contribution in [2.24, 2.45) is 0 Å². The van der Waals surface area contributed by atoms with E-state index in [4.69, 9.17) is 14.2 Å². The van der Waals surface area contributed by atoms with Gasteiger partial charge in [0.2, 0.25) is 0 Å². The predicted molar refractivity (Wildman–Crippen MR) is 91.0 cm³/mol. The van der Waals surface area contributed by atoms with Gasteiger partial charge in [-0.1, -0.05) is 24.3 Å². The molecule has 0 amide bonds. The summed E-state index contributed by atoms with van der Waals surface area (Å²) >= 11 is 0. The molecule has 6 nitrogen and oxygen atoms in total. The molecule has 0 N–H and O–H groups in total. The largest absolute Gasteiger partial charge is 0.493 e. The van der Waals surface area contributed by atoms with Crippen LogP contribution in [0.5, 0.6) is 17.2 Å². The zero-order valence-corrected chi connectivity index (χ0v) is 14.4. The van der Waals surface area contributed by atoms with Crippen LogP contribution in [0.1, 0.15) is 11.1 Å². The molecular weight excluding hydrogens is 324 g/mol. The Hall–Kier alpha value is -3.02. The van der Waals surface area contributed by atoms with Crippen LogP contribution in [0.15, 0.2) is 42.5 Å². The van der Waals surface area contributed by atoms with Crippen LogP contribution < -0.4 is 14.2 Å². The van der Waals surface area contributed by atoms with Crippen molar-refractivity contribution in [3.8, 4) is 17.2 Å². The fourth-order valence-corrected chi connectivity index (χ4v) is 2.29. The third-order valence-electron chi connectivity index (χ3n) is 3.56. The molecule has 0 saturated heterocycles. The van der Waals surface area contributed by atoms with E-state index in [0.717, 1.165) is 5.56 Å². The maximum Gasteiger partial charge on any atom is 0.315 e. The van der Waals surface area contributed by atoms with Gasteiger partial charge >= 0.3 is 11.9 Å². The highest BCUT2D eigenvalue weighted by molar-refractivity contribution is 5.77. The summed E-state index contributed by atoms with van der Waals surface area (Å²) in [7, 11) is 4.39. The van der Waals surface area contributed by atoms with Gasteiger partial charge in [-0.2, -0.15) is 0 Å². The van der Waals surface area contributed by atoms with Gasteiger partial charge in [-0.3, -0.25) is 9.59 Å². The summed E-state index contributed by atoms with van der Waals surface area (Å²) in [4.78, 5) is 23.7. The fraction of sp³-hybridized carbons (Fsp3) is 0.263. The molecule has 0 saturated carbocycles. The summed E-state index contributed by atoms with van der Waals surface area (Å²) in [6.45, 7) is 0. The minimum absolute atomic E-state index is 0.0380. The predicted octanol–water partition coefficient (Wildman–Crippen LogP) is 2.57. The zero-order chi connectivity index (χ0) is 18.2. The summed E-state index contributed by atoms with van der Waals surface area (Å²) in [6, 6.07) is 12.1. The first kappa shape index (κ1) is 18.3. The minimum Gasteiger partial charge on any atom is -0.493 e. The van der Waals surface area contributed by atoms with Crippen LogP contribution in [0.3, 0.4) is 0 Å². The van der Waals surface area contributed by atoms with Crippen LogP contribution in [0.4, 0.5) is 0 Å². The molecule has 0 radical (unpaired) electrons. The molecule has 2 aromatic carbocycles. The molecule has 2 rings (SSSR count). The molecule has 0 unspecified atom stereocenters. The van der Waals surface area contributed by atoms with E-state index >= 15 is 0 Å². The average molecular weight is 344 g/mol. The van der Waals surface area contributed by atoms with Crippen LogP contribution in [-0.4, -0.2) is 33.3 Å². The van der Waals surface area contributed by atoms with Crippen LogP contribution in [-0.2, 0) is 27.2 Å². The molecule has 0 bridgehead atoms. The number of rotatable bonds is 7. The van der Waals surface area contributed by atoms with Gasteiger partial charge in [-0.25, -0.2) is 0 Å². The number of benzene rings is 2. The maximum absolute atomic E-state index is 12.2. The second-order valence-corrected chi connectivity index (χ2v) is 5.20. The molecule has 2 aromatic rings. The van der Waals surface area contributed by atoms with Gasteiger partial charge < -0.3 is 18.9 Å². The first-order chi connectivity index (χ1) is 12.1. The van der Waals surface area contributed by atoms with Gasteiger partial charge in [0.25, 0.3) is 0 Å². The molecule has 0 aromatic heterocycles. The second-order valence-electron chi connectivity index (χ2n) is 5.20. The van der Waals surface area contributed by atoms with Gasteiger partial charge in [-0.05, 0) is 23.8 Å². The topological polar surface area (TPSA) is 71.1 Å². The van der Waals surface area contributed by atoms with Gasteiger partial charge in [0.15, 0.2) is 11.5 Å². The number of ether oxygens (including phenoxy) is 4. The molecule has 0 spiro atoms. The van der Waals surface area contributed by atoms with Crippen molar-refractivity contribution in [1.29, 1.82) is 0 Å². The Morgan fingerprint density at radius 1 is 0.800 bits per heavy atom. The van der Waals surface area contributed by atoms with Crippen LogP contribution in [0.2, 0.25) is 0 Å². The van der Waals surface area contributed by atoms with Crippen LogP contribution in [0, 0.1) is 0 Å². The van der Waals surface area contributed by atoms with Crippen LogP contribution in [0.25, 0.3) is 0 Å². The molecular formula is C19H20O6. The first-order valence-electron chi connectivity index (χ1n) is 7.63. The zero-order valence-electron chi connectivity index (χ0n) is 14.4. The Bertz CT molecular complexity index is 753. The first-order valence-corrected chi connectivity index (χ1v) is 7.63. The Kier molecular flexibility index (Phi) is 6.39. The highest BCUT2D eigenvalue weighted by atomic mass is 16.5. The SMILES string of the molecule is COC(=O)Cc1ccccc1OC(=O)Cc1ccc(OC)c(OC)c1. The van der Waals surface area contributed by atoms with E-state index in [-0.39, 0.29) is 12.8 Å². The lowest BCUT2D eigenvalue weighted by molar-refractivity contribution is -0.140. The summed E-state index contributed by atoms with van der Waals surface area (Å²) in [6.07, 6.45) is 0.100. The molecule has 0 aliphatic heterocycles. The maximum atomic E-state index is 12.2. The summed E-state index contributed by atoms with van der Waals surface area (Å²) in [5.41, 5.74) is 1.32. The molecule has 6 heteroatoms. The van der Waals surface area contributed by atoms with Gasteiger partial charge in [0.1, 0.15) is 5.75 Å². The normalized spacial score (nSPS) is 10.0. The number of para-hydroxylation sites is 1. The molecule has 0 atom stereocenters. The summed E-state index contributed by atoms with van der Waals surface area (Å²) < 4.78 is 20.5. The molecule has 0 aliphatic rings. The summed E-state index contributed by atoms with van der Waals surface area (Å²) in [5, 5.41) is 0. The molecule has 0 aliphatic carbocycles. The molecule has 132 valence electrons. The number of carbonyl (C=O) groups excluding carboxylic acids is 2. The highest BCUT2D eigenvalue weighted by Crippen LogP contribution is 2.28. The summed E-state index contributed by atoms with van der Waals surface area (Å²) in [5.74, 6) is 0.633. The Morgan fingerprint density at radius 2 is 1.52 bits per heavy atom. The van der Waals surface area contributed by atoms with Crippen molar-refractivity contribution < 1.29 is 28.5 Å². The molecule has 25 heavy (non-hydrogen) atoms. The smallest absolute Gasteiger partial charge is 0.315 e. The van der Waals surface area contributed by atoms with Crippen molar-refractivity contribution in [3.63, 3.8) is 0 Å². The van der Waals surface area contributed by atoms with Crippen LogP contribution >= 0.6 is 0 Å². The quantitative estimate of drug-likeness (QED) is 0.568. The van der Waals surface area contributed by atoms with Crippen molar-refractivity contribution in [1.82, 2.24) is 0 Å².